The lowest BCUT2D eigenvalue weighted by Gasteiger charge is -2.27. The highest BCUT2D eigenvalue weighted by molar-refractivity contribution is 6.32. The summed E-state index contributed by atoms with van der Waals surface area (Å²) in [6, 6.07) is 19.2. The number of carboxylic acid groups (broad SMARTS) is 1. The first-order valence-electron chi connectivity index (χ1n) is 11.1. The number of ether oxygens (including phenoxy) is 3. The summed E-state index contributed by atoms with van der Waals surface area (Å²) < 4.78 is 17.5. The fourth-order valence-corrected chi connectivity index (χ4v) is 3.90. The van der Waals surface area contributed by atoms with Crippen molar-refractivity contribution in [2.24, 2.45) is 0 Å². The van der Waals surface area contributed by atoms with Gasteiger partial charge in [0.1, 0.15) is 47.4 Å². The Morgan fingerprint density at radius 3 is 2.68 bits per heavy atom. The Kier molecular flexibility index (Phi) is 7.90. The lowest BCUT2D eigenvalue weighted by molar-refractivity contribution is 0.0694. The van der Waals surface area contributed by atoms with Crippen LogP contribution >= 0.6 is 11.6 Å². The smallest absolute Gasteiger partial charge is 0.339 e. The Labute approximate surface area is 202 Å². The summed E-state index contributed by atoms with van der Waals surface area (Å²) in [5.74, 6) is 1.15. The summed E-state index contributed by atoms with van der Waals surface area (Å²) in [6.07, 6.45) is 0.906. The molecule has 0 saturated heterocycles. The van der Waals surface area contributed by atoms with Gasteiger partial charge < -0.3 is 29.7 Å². The van der Waals surface area contributed by atoms with Gasteiger partial charge in [0.25, 0.3) is 0 Å². The molecule has 0 radical (unpaired) electrons. The number of hydrogen-bond donors (Lipinski definition) is 3. The van der Waals surface area contributed by atoms with Gasteiger partial charge in [-0.25, -0.2) is 4.79 Å². The van der Waals surface area contributed by atoms with Crippen LogP contribution in [-0.4, -0.2) is 48.1 Å². The Morgan fingerprint density at radius 2 is 1.88 bits per heavy atom. The molecule has 0 fully saturated rings. The maximum absolute atomic E-state index is 11.4. The van der Waals surface area contributed by atoms with Gasteiger partial charge in [0, 0.05) is 13.1 Å². The minimum absolute atomic E-state index is 0.0244. The highest BCUT2D eigenvalue weighted by Gasteiger charge is 2.21. The van der Waals surface area contributed by atoms with Crippen molar-refractivity contribution in [2.75, 3.05) is 19.7 Å². The number of aliphatic hydroxyl groups excluding tert-OH is 1. The maximum Gasteiger partial charge on any atom is 0.339 e. The summed E-state index contributed by atoms with van der Waals surface area (Å²) >= 11 is 6.05. The lowest BCUT2D eigenvalue weighted by atomic mass is 10.0. The van der Waals surface area contributed by atoms with E-state index in [0.717, 1.165) is 24.2 Å². The van der Waals surface area contributed by atoms with E-state index in [1.807, 2.05) is 24.3 Å². The third-order valence-corrected chi connectivity index (χ3v) is 5.74. The van der Waals surface area contributed by atoms with Crippen LogP contribution in [0.25, 0.3) is 0 Å². The molecule has 1 aliphatic rings. The van der Waals surface area contributed by atoms with E-state index in [-0.39, 0.29) is 18.3 Å². The Morgan fingerprint density at radius 1 is 1.12 bits per heavy atom. The van der Waals surface area contributed by atoms with Gasteiger partial charge >= 0.3 is 5.97 Å². The van der Waals surface area contributed by atoms with E-state index < -0.39 is 12.1 Å². The van der Waals surface area contributed by atoms with Crippen molar-refractivity contribution in [3.8, 4) is 23.0 Å². The van der Waals surface area contributed by atoms with Crippen molar-refractivity contribution in [3.05, 3.63) is 82.9 Å². The number of nitrogens with one attached hydrogen (secondary N) is 1. The molecule has 34 heavy (non-hydrogen) atoms. The molecule has 3 aromatic rings. The zero-order valence-corrected chi connectivity index (χ0v) is 19.2. The molecule has 8 heteroatoms. The van der Waals surface area contributed by atoms with E-state index in [9.17, 15) is 15.0 Å². The van der Waals surface area contributed by atoms with Crippen LogP contribution in [-0.2, 0) is 6.42 Å². The average Bonchev–Trinajstić information content (AvgIpc) is 2.84. The number of hydrogen-bond acceptors (Lipinski definition) is 6. The fraction of sp³-hybridized carbons (Fsp3) is 0.269. The Bertz CT molecular complexity index is 1140. The topological polar surface area (TPSA) is 97.3 Å². The molecule has 0 aliphatic carbocycles. The number of aryl methyl sites for hydroxylation is 1. The fourth-order valence-electron chi connectivity index (χ4n) is 3.71. The van der Waals surface area contributed by atoms with Crippen molar-refractivity contribution >= 4 is 17.6 Å². The SMILES string of the molecule is O=C(O)c1ccccc1Oc1ccc2c(c1)CC[C@H](CNC[C@H](O)COc1ccccc1Cl)O2. The first-order chi connectivity index (χ1) is 16.5. The maximum atomic E-state index is 11.4. The molecule has 0 spiro atoms. The number of aliphatic hydroxyl groups is 1. The van der Waals surface area contributed by atoms with Crippen molar-refractivity contribution in [1.82, 2.24) is 5.32 Å². The third-order valence-electron chi connectivity index (χ3n) is 5.43. The molecular weight excluding hydrogens is 458 g/mol. The van der Waals surface area contributed by atoms with E-state index >= 15 is 0 Å². The van der Waals surface area contributed by atoms with E-state index in [1.165, 1.54) is 6.07 Å². The summed E-state index contributed by atoms with van der Waals surface area (Å²) in [5, 5.41) is 23.2. The summed E-state index contributed by atoms with van der Waals surface area (Å²) in [6.45, 7) is 1.10. The molecule has 0 bridgehead atoms. The first kappa shape index (κ1) is 23.9. The predicted octanol–water partition coefficient (Wildman–Crippen LogP) is 4.55. The largest absolute Gasteiger partial charge is 0.489 e. The monoisotopic (exact) mass is 483 g/mol. The molecule has 7 nitrogen and oxygen atoms in total. The molecule has 3 aromatic carbocycles. The summed E-state index contributed by atoms with van der Waals surface area (Å²) in [4.78, 5) is 11.4. The molecule has 3 N–H and O–H groups in total. The van der Waals surface area contributed by atoms with Crippen LogP contribution in [0.5, 0.6) is 23.0 Å². The number of para-hydroxylation sites is 2. The molecule has 0 amide bonds. The van der Waals surface area contributed by atoms with Crippen molar-refractivity contribution in [3.63, 3.8) is 0 Å². The lowest BCUT2D eigenvalue weighted by Crippen LogP contribution is -2.39. The Balaban J connectivity index is 1.25. The summed E-state index contributed by atoms with van der Waals surface area (Å²) in [5.41, 5.74) is 1.12. The highest BCUT2D eigenvalue weighted by atomic mass is 35.5. The number of carboxylic acids is 1. The zero-order chi connectivity index (χ0) is 23.9. The van der Waals surface area contributed by atoms with Crippen molar-refractivity contribution < 1.29 is 29.2 Å². The van der Waals surface area contributed by atoms with Gasteiger partial charge in [-0.1, -0.05) is 35.9 Å². The second-order valence-corrected chi connectivity index (χ2v) is 8.41. The predicted molar refractivity (Wildman–Crippen MR) is 128 cm³/mol. The van der Waals surface area contributed by atoms with E-state index in [1.54, 1.807) is 36.4 Å². The molecule has 0 aromatic heterocycles. The quantitative estimate of drug-likeness (QED) is 0.389. The third kappa shape index (κ3) is 6.20. The van der Waals surface area contributed by atoms with Crippen LogP contribution in [0.2, 0.25) is 5.02 Å². The molecule has 1 heterocycles. The number of carbonyl (C=O) groups is 1. The van der Waals surface area contributed by atoms with Crippen LogP contribution in [0.1, 0.15) is 22.3 Å². The first-order valence-corrected chi connectivity index (χ1v) is 11.4. The number of rotatable bonds is 10. The van der Waals surface area contributed by atoms with Gasteiger partial charge in [0.15, 0.2) is 0 Å². The number of benzene rings is 3. The number of fused-ring (bicyclic) bond motifs is 1. The molecule has 178 valence electrons. The zero-order valence-electron chi connectivity index (χ0n) is 18.4. The van der Waals surface area contributed by atoms with E-state index in [2.05, 4.69) is 5.32 Å². The van der Waals surface area contributed by atoms with Crippen LogP contribution in [0.15, 0.2) is 66.7 Å². The van der Waals surface area contributed by atoms with Crippen molar-refractivity contribution in [1.29, 1.82) is 0 Å². The molecule has 1 aliphatic heterocycles. The number of aromatic carboxylic acids is 1. The molecule has 0 saturated carbocycles. The van der Waals surface area contributed by atoms with Gasteiger partial charge in [-0.05, 0) is 60.9 Å². The van der Waals surface area contributed by atoms with Gasteiger partial charge in [0.2, 0.25) is 0 Å². The second-order valence-electron chi connectivity index (χ2n) is 8.00. The normalized spacial score (nSPS) is 15.6. The second kappa shape index (κ2) is 11.2. The number of halogens is 1. The van der Waals surface area contributed by atoms with Crippen LogP contribution in [0.4, 0.5) is 0 Å². The Hall–Kier alpha value is -3.26. The van der Waals surface area contributed by atoms with Gasteiger partial charge in [-0.15, -0.1) is 0 Å². The minimum atomic E-state index is -1.03. The van der Waals surface area contributed by atoms with E-state index in [4.69, 9.17) is 25.8 Å². The highest BCUT2D eigenvalue weighted by Crippen LogP contribution is 2.33. The molecule has 2 atom stereocenters. The minimum Gasteiger partial charge on any atom is -0.489 e. The van der Waals surface area contributed by atoms with E-state index in [0.29, 0.717) is 35.4 Å². The standard InChI is InChI=1S/C26H26ClNO6/c27-22-6-2-4-8-25(22)32-16-18(29)14-28-15-20-10-9-17-13-19(11-12-23(17)34-20)33-24-7-3-1-5-21(24)26(30)31/h1-8,11-13,18,20,28-29H,9-10,14-16H2,(H,30,31)/t18-,20+/m0/s1. The van der Waals surface area contributed by atoms with Crippen LogP contribution < -0.4 is 19.5 Å². The van der Waals surface area contributed by atoms with Crippen LogP contribution in [0.3, 0.4) is 0 Å². The van der Waals surface area contributed by atoms with Gasteiger partial charge in [0.05, 0.1) is 5.02 Å². The van der Waals surface area contributed by atoms with Crippen molar-refractivity contribution in [2.45, 2.75) is 25.0 Å². The van der Waals surface area contributed by atoms with Gasteiger partial charge in [-0.3, -0.25) is 0 Å². The molecular formula is C26H26ClNO6. The molecule has 0 unspecified atom stereocenters. The molecule has 4 rings (SSSR count). The average molecular weight is 484 g/mol. The van der Waals surface area contributed by atoms with Crippen LogP contribution in [0, 0.1) is 0 Å². The van der Waals surface area contributed by atoms with Gasteiger partial charge in [-0.2, -0.15) is 0 Å². The summed E-state index contributed by atoms with van der Waals surface area (Å²) in [7, 11) is 0.